The molecular weight excluding hydrogens is 460 g/mol. The van der Waals surface area contributed by atoms with Crippen molar-refractivity contribution in [3.05, 3.63) is 44.7 Å². The minimum absolute atomic E-state index is 0.0122. The summed E-state index contributed by atoms with van der Waals surface area (Å²) in [5.74, 6) is -0.0414. The zero-order chi connectivity index (χ0) is 22.1. The summed E-state index contributed by atoms with van der Waals surface area (Å²) in [6.07, 6.45) is 5.23. The summed E-state index contributed by atoms with van der Waals surface area (Å²) in [6, 6.07) is 3.57. The number of Topliss-reactive ketones (excluding diaryl/α,β-unsaturated/α-hetero) is 1. The summed E-state index contributed by atoms with van der Waals surface area (Å²) in [5.41, 5.74) is 3.79. The van der Waals surface area contributed by atoms with Crippen LogP contribution < -0.4 is 10.1 Å². The number of hydrogen-bond acceptors (Lipinski definition) is 5. The highest BCUT2D eigenvalue weighted by atomic mass is 79.9. The second-order valence-electron chi connectivity index (χ2n) is 8.40. The normalized spacial score (nSPS) is 21.7. The largest absolute Gasteiger partial charge is 0.503 e. The predicted octanol–water partition coefficient (Wildman–Crippen LogP) is 4.53. The van der Waals surface area contributed by atoms with Crippen molar-refractivity contribution in [2.24, 2.45) is 0 Å². The van der Waals surface area contributed by atoms with Crippen molar-refractivity contribution in [2.75, 3.05) is 19.7 Å². The van der Waals surface area contributed by atoms with Crippen LogP contribution in [0.5, 0.6) is 11.5 Å². The van der Waals surface area contributed by atoms with Crippen LogP contribution >= 0.6 is 15.9 Å². The van der Waals surface area contributed by atoms with E-state index in [1.54, 1.807) is 12.1 Å². The van der Waals surface area contributed by atoms with E-state index < -0.39 is 5.92 Å². The van der Waals surface area contributed by atoms with Crippen molar-refractivity contribution in [3.8, 4) is 11.5 Å². The van der Waals surface area contributed by atoms with Crippen molar-refractivity contribution in [2.45, 2.75) is 58.3 Å². The zero-order valence-corrected chi connectivity index (χ0v) is 19.7. The number of hydrogen-bond donors (Lipinski definition) is 2. The van der Waals surface area contributed by atoms with E-state index in [2.05, 4.69) is 21.2 Å². The van der Waals surface area contributed by atoms with E-state index in [0.29, 0.717) is 34.4 Å². The number of rotatable bonds is 4. The molecule has 0 unspecified atom stereocenters. The minimum Gasteiger partial charge on any atom is -0.503 e. The van der Waals surface area contributed by atoms with Gasteiger partial charge in [0.15, 0.2) is 17.3 Å². The van der Waals surface area contributed by atoms with Crippen molar-refractivity contribution in [3.63, 3.8) is 0 Å². The average Bonchev–Trinajstić information content (AvgIpc) is 2.76. The van der Waals surface area contributed by atoms with E-state index in [-0.39, 0.29) is 17.4 Å². The van der Waals surface area contributed by atoms with Crippen LogP contribution in [0.25, 0.3) is 0 Å². The molecule has 2 heterocycles. The second kappa shape index (κ2) is 9.07. The highest BCUT2D eigenvalue weighted by Crippen LogP contribution is 2.46. The maximum Gasteiger partial charge on any atom is 0.252 e. The molecule has 6 nitrogen and oxygen atoms in total. The van der Waals surface area contributed by atoms with Crippen LogP contribution in [-0.4, -0.2) is 41.4 Å². The number of dihydropyridines is 1. The Morgan fingerprint density at radius 1 is 1.23 bits per heavy atom. The van der Waals surface area contributed by atoms with Crippen LogP contribution in [0.4, 0.5) is 0 Å². The van der Waals surface area contributed by atoms with Crippen LogP contribution in [0.15, 0.2) is 39.1 Å². The molecule has 2 aliphatic heterocycles. The molecule has 0 radical (unpaired) electrons. The summed E-state index contributed by atoms with van der Waals surface area (Å²) in [7, 11) is 0. The number of phenols is 1. The Morgan fingerprint density at radius 3 is 2.68 bits per heavy atom. The fourth-order valence-electron chi connectivity index (χ4n) is 4.89. The fraction of sp³-hybridized carbons (Fsp3) is 0.500. The first-order valence-electron chi connectivity index (χ1n) is 11.1. The number of carbonyl (C=O) groups excluding carboxylic acids is 2. The van der Waals surface area contributed by atoms with Gasteiger partial charge in [0, 0.05) is 48.0 Å². The number of benzene rings is 1. The van der Waals surface area contributed by atoms with Gasteiger partial charge in [-0.2, -0.15) is 0 Å². The molecule has 1 saturated heterocycles. The maximum absolute atomic E-state index is 13.7. The summed E-state index contributed by atoms with van der Waals surface area (Å²) >= 11 is 3.43. The van der Waals surface area contributed by atoms with E-state index in [9.17, 15) is 14.7 Å². The van der Waals surface area contributed by atoms with E-state index in [1.165, 1.54) is 0 Å². The number of piperidine rings is 1. The highest BCUT2D eigenvalue weighted by Gasteiger charge is 2.40. The number of ketones is 1. The molecule has 0 aromatic heterocycles. The molecule has 0 bridgehead atoms. The molecule has 0 saturated carbocycles. The molecular formula is C24H29BrN2O4. The third kappa shape index (κ3) is 4.12. The smallest absolute Gasteiger partial charge is 0.252 e. The van der Waals surface area contributed by atoms with Crippen molar-refractivity contribution in [1.82, 2.24) is 10.2 Å². The van der Waals surface area contributed by atoms with Crippen molar-refractivity contribution in [1.29, 1.82) is 0 Å². The monoisotopic (exact) mass is 488 g/mol. The van der Waals surface area contributed by atoms with Gasteiger partial charge in [0.1, 0.15) is 0 Å². The van der Waals surface area contributed by atoms with Gasteiger partial charge >= 0.3 is 0 Å². The zero-order valence-electron chi connectivity index (χ0n) is 18.1. The van der Waals surface area contributed by atoms with Crippen LogP contribution in [0.3, 0.4) is 0 Å². The van der Waals surface area contributed by atoms with Gasteiger partial charge in [-0.05, 0) is 79.6 Å². The molecule has 2 N–H and O–H groups in total. The van der Waals surface area contributed by atoms with E-state index in [4.69, 9.17) is 4.74 Å². The number of carbonyl (C=O) groups is 2. The van der Waals surface area contributed by atoms with Crippen molar-refractivity contribution < 1.29 is 19.4 Å². The number of ether oxygens (including phenoxy) is 1. The lowest BCUT2D eigenvalue weighted by atomic mass is 9.74. The molecule has 1 aliphatic carbocycles. The van der Waals surface area contributed by atoms with E-state index in [1.807, 2.05) is 18.7 Å². The number of likely N-dealkylation sites (tertiary alicyclic amines) is 1. The molecule has 1 atom stereocenters. The summed E-state index contributed by atoms with van der Waals surface area (Å²) in [6.45, 7) is 5.66. The lowest BCUT2D eigenvalue weighted by molar-refractivity contribution is -0.128. The first-order valence-corrected chi connectivity index (χ1v) is 11.9. The number of allylic oxidation sites excluding steroid dienone is 3. The number of halogens is 1. The van der Waals surface area contributed by atoms with Gasteiger partial charge in [-0.1, -0.05) is 0 Å². The lowest BCUT2D eigenvalue weighted by Gasteiger charge is -2.37. The second-order valence-corrected chi connectivity index (χ2v) is 9.26. The Balaban J connectivity index is 1.86. The van der Waals surface area contributed by atoms with Gasteiger partial charge < -0.3 is 20.1 Å². The van der Waals surface area contributed by atoms with Crippen LogP contribution in [0.1, 0.15) is 63.9 Å². The molecule has 1 aromatic rings. The summed E-state index contributed by atoms with van der Waals surface area (Å²) < 4.78 is 6.13. The topological polar surface area (TPSA) is 78.9 Å². The Hall–Kier alpha value is -2.28. The number of phenolic OH excluding ortho intramolecular Hbond substituents is 1. The molecule has 1 fully saturated rings. The molecule has 1 aromatic carbocycles. The van der Waals surface area contributed by atoms with E-state index in [0.717, 1.165) is 62.2 Å². The predicted molar refractivity (Wildman–Crippen MR) is 122 cm³/mol. The Labute approximate surface area is 191 Å². The Morgan fingerprint density at radius 2 is 1.97 bits per heavy atom. The molecule has 3 aliphatic rings. The van der Waals surface area contributed by atoms with Gasteiger partial charge in [-0.3, -0.25) is 9.59 Å². The Kier molecular flexibility index (Phi) is 6.42. The maximum atomic E-state index is 13.7. The molecule has 0 spiro atoms. The highest BCUT2D eigenvalue weighted by molar-refractivity contribution is 9.10. The number of amides is 1. The number of aromatic hydroxyl groups is 1. The van der Waals surface area contributed by atoms with Crippen molar-refractivity contribution >= 4 is 27.6 Å². The third-order valence-electron chi connectivity index (χ3n) is 6.33. The number of nitrogens with zero attached hydrogens (tertiary/aromatic N) is 1. The fourth-order valence-corrected chi connectivity index (χ4v) is 5.35. The summed E-state index contributed by atoms with van der Waals surface area (Å²) in [5, 5.41) is 13.8. The molecule has 166 valence electrons. The molecule has 4 rings (SSSR count). The molecule has 7 heteroatoms. The SMILES string of the molecule is CCOc1cc([C@H]2C(C(=O)N3CCCCC3)=C(C)NC3=C2C(=O)CCC3)cc(Br)c1O. The molecule has 31 heavy (non-hydrogen) atoms. The standard InChI is InChI=1S/C24H29BrN2O4/c1-3-31-19-13-15(12-16(25)23(19)29)21-20(24(30)27-10-5-4-6-11-27)14(2)26-17-8-7-9-18(28)22(17)21/h12-13,21,26,29H,3-11H2,1-2H3/t21-/m0/s1. The van der Waals surface area contributed by atoms with Gasteiger partial charge in [0.05, 0.1) is 11.1 Å². The average molecular weight is 489 g/mol. The lowest BCUT2D eigenvalue weighted by Crippen LogP contribution is -2.42. The Bertz CT molecular complexity index is 976. The van der Waals surface area contributed by atoms with Gasteiger partial charge in [0.25, 0.3) is 5.91 Å². The van der Waals surface area contributed by atoms with Crippen LogP contribution in [-0.2, 0) is 9.59 Å². The number of nitrogens with one attached hydrogen (secondary N) is 1. The first kappa shape index (κ1) is 21.9. The van der Waals surface area contributed by atoms with Crippen LogP contribution in [0, 0.1) is 0 Å². The van der Waals surface area contributed by atoms with Gasteiger partial charge in [-0.15, -0.1) is 0 Å². The molecule has 1 amide bonds. The third-order valence-corrected chi connectivity index (χ3v) is 6.94. The first-order chi connectivity index (χ1) is 14.9. The minimum atomic E-state index is -0.477. The van der Waals surface area contributed by atoms with Gasteiger partial charge in [0.2, 0.25) is 0 Å². The van der Waals surface area contributed by atoms with Crippen LogP contribution in [0.2, 0.25) is 0 Å². The van der Waals surface area contributed by atoms with Gasteiger partial charge in [-0.25, -0.2) is 0 Å². The quantitative estimate of drug-likeness (QED) is 0.650. The summed E-state index contributed by atoms with van der Waals surface area (Å²) in [4.78, 5) is 28.7. The van der Waals surface area contributed by atoms with E-state index >= 15 is 0 Å².